The fourth-order valence-electron chi connectivity index (χ4n) is 3.55. The third-order valence-electron chi connectivity index (χ3n) is 5.02. The van der Waals surface area contributed by atoms with Gasteiger partial charge in [-0.15, -0.1) is 0 Å². The van der Waals surface area contributed by atoms with Crippen LogP contribution in [-0.2, 0) is 25.9 Å². The number of benzene rings is 1. The third kappa shape index (κ3) is 9.16. The Morgan fingerprint density at radius 2 is 1.74 bits per heavy atom. The summed E-state index contributed by atoms with van der Waals surface area (Å²) in [6, 6.07) is 5.89. The first-order valence-electron chi connectivity index (χ1n) is 10.6. The number of hydrogen-bond acceptors (Lipinski definition) is 6. The highest BCUT2D eigenvalue weighted by atomic mass is 32.2. The van der Waals surface area contributed by atoms with Gasteiger partial charge in [0.2, 0.25) is 5.91 Å². The van der Waals surface area contributed by atoms with E-state index in [2.05, 4.69) is 10.6 Å². The minimum absolute atomic E-state index is 0.0330. The van der Waals surface area contributed by atoms with Gasteiger partial charge in [-0.1, -0.05) is 25.0 Å². The summed E-state index contributed by atoms with van der Waals surface area (Å²) < 4.78 is 35.8. The number of alkyl carbamates (subject to hydrolysis) is 1. The van der Waals surface area contributed by atoms with E-state index in [-0.39, 0.29) is 18.2 Å². The lowest BCUT2D eigenvalue weighted by atomic mass is 10.1. The molecule has 1 atom stereocenters. The summed E-state index contributed by atoms with van der Waals surface area (Å²) in [6.45, 7) is 5.28. The van der Waals surface area contributed by atoms with Crippen molar-refractivity contribution in [2.75, 3.05) is 18.6 Å². The van der Waals surface area contributed by atoms with Gasteiger partial charge in [0.1, 0.15) is 17.4 Å². The van der Waals surface area contributed by atoms with Crippen LogP contribution in [0.2, 0.25) is 0 Å². The number of hydrogen-bond donors (Lipinski definition) is 2. The minimum Gasteiger partial charge on any atom is -0.497 e. The second kappa shape index (κ2) is 10.8. The Kier molecular flexibility index (Phi) is 8.73. The molecule has 1 aromatic carbocycles. The summed E-state index contributed by atoms with van der Waals surface area (Å²) in [7, 11) is -1.97. The number of amides is 2. The van der Waals surface area contributed by atoms with Gasteiger partial charge in [0, 0.05) is 6.54 Å². The van der Waals surface area contributed by atoms with Gasteiger partial charge in [0.05, 0.1) is 18.6 Å². The zero-order chi connectivity index (χ0) is 23.1. The topological polar surface area (TPSA) is 111 Å². The number of methoxy groups -OCH3 is 1. The smallest absolute Gasteiger partial charge is 0.408 e. The lowest BCUT2D eigenvalue weighted by Crippen LogP contribution is -2.51. The van der Waals surface area contributed by atoms with E-state index < -0.39 is 39.2 Å². The molecule has 0 radical (unpaired) electrons. The Morgan fingerprint density at radius 1 is 1.13 bits per heavy atom. The standard InChI is InChI=1S/C22H34N2O6S/c1-22(2,3)30-21(26)24-19(15-31(27,28)14-17-7-5-6-8-17)20(25)23-13-16-9-11-18(29-4)12-10-16/h9-12,17,19H,5-8,13-15H2,1-4H3,(H,23,25)(H,24,26)/t19-/m0/s1. The van der Waals surface area contributed by atoms with Crippen LogP contribution in [0.5, 0.6) is 5.75 Å². The Morgan fingerprint density at radius 3 is 2.29 bits per heavy atom. The van der Waals surface area contributed by atoms with Crippen LogP contribution in [0, 0.1) is 5.92 Å². The predicted octanol–water partition coefficient (Wildman–Crippen LogP) is 2.81. The molecule has 1 fully saturated rings. The molecule has 1 aromatic rings. The summed E-state index contributed by atoms with van der Waals surface area (Å²) in [4.78, 5) is 25.0. The van der Waals surface area contributed by atoms with Crippen molar-refractivity contribution < 1.29 is 27.5 Å². The van der Waals surface area contributed by atoms with Crippen molar-refractivity contribution in [2.45, 2.75) is 64.6 Å². The van der Waals surface area contributed by atoms with E-state index in [1.165, 1.54) is 0 Å². The van der Waals surface area contributed by atoms with Crippen LogP contribution in [0.15, 0.2) is 24.3 Å². The van der Waals surface area contributed by atoms with Crippen LogP contribution >= 0.6 is 0 Å². The maximum Gasteiger partial charge on any atom is 0.408 e. The Balaban J connectivity index is 2.05. The van der Waals surface area contributed by atoms with E-state index in [1.807, 2.05) is 0 Å². The molecule has 9 heteroatoms. The fourth-order valence-corrected chi connectivity index (χ4v) is 5.48. The third-order valence-corrected chi connectivity index (χ3v) is 6.84. The lowest BCUT2D eigenvalue weighted by Gasteiger charge is -2.23. The molecule has 1 aliphatic rings. The van der Waals surface area contributed by atoms with Crippen molar-refractivity contribution in [3.05, 3.63) is 29.8 Å². The van der Waals surface area contributed by atoms with Crippen molar-refractivity contribution in [2.24, 2.45) is 5.92 Å². The first-order valence-corrected chi connectivity index (χ1v) is 12.4. The van der Waals surface area contributed by atoms with Gasteiger partial charge in [0.25, 0.3) is 0 Å². The maximum atomic E-state index is 12.8. The van der Waals surface area contributed by atoms with Crippen LogP contribution < -0.4 is 15.4 Å². The van der Waals surface area contributed by atoms with Gasteiger partial charge in [0.15, 0.2) is 9.84 Å². The van der Waals surface area contributed by atoms with Gasteiger partial charge >= 0.3 is 6.09 Å². The van der Waals surface area contributed by atoms with Crippen LogP contribution in [0.3, 0.4) is 0 Å². The van der Waals surface area contributed by atoms with E-state index in [0.29, 0.717) is 5.75 Å². The van der Waals surface area contributed by atoms with Gasteiger partial charge in [-0.25, -0.2) is 13.2 Å². The molecule has 0 saturated heterocycles. The summed E-state index contributed by atoms with van der Waals surface area (Å²) >= 11 is 0. The summed E-state index contributed by atoms with van der Waals surface area (Å²) in [5.74, 6) is -0.189. The SMILES string of the molecule is COc1ccc(CNC(=O)[C@H](CS(=O)(=O)CC2CCCC2)NC(=O)OC(C)(C)C)cc1. The Hall–Kier alpha value is -2.29. The van der Waals surface area contributed by atoms with E-state index >= 15 is 0 Å². The molecule has 0 bridgehead atoms. The molecule has 0 unspecified atom stereocenters. The molecular formula is C22H34N2O6S. The molecule has 2 rings (SSSR count). The molecule has 174 valence electrons. The monoisotopic (exact) mass is 454 g/mol. The number of carbonyl (C=O) groups is 2. The molecule has 0 heterocycles. The number of ether oxygens (including phenoxy) is 2. The average molecular weight is 455 g/mol. The summed E-state index contributed by atoms with van der Waals surface area (Å²) in [5, 5.41) is 5.14. The molecule has 1 saturated carbocycles. The van der Waals surface area contributed by atoms with Crippen molar-refractivity contribution in [1.29, 1.82) is 0 Å². The van der Waals surface area contributed by atoms with E-state index in [4.69, 9.17) is 9.47 Å². The predicted molar refractivity (Wildman–Crippen MR) is 119 cm³/mol. The first-order chi connectivity index (χ1) is 14.5. The fraction of sp³-hybridized carbons (Fsp3) is 0.636. The van der Waals surface area contributed by atoms with Crippen LogP contribution in [0.4, 0.5) is 4.79 Å². The highest BCUT2D eigenvalue weighted by Crippen LogP contribution is 2.26. The van der Waals surface area contributed by atoms with E-state index in [1.54, 1.807) is 52.1 Å². The highest BCUT2D eigenvalue weighted by Gasteiger charge is 2.31. The Labute approximate surface area is 185 Å². The second-order valence-electron chi connectivity index (χ2n) is 8.99. The zero-order valence-electron chi connectivity index (χ0n) is 18.8. The number of sulfone groups is 1. The van der Waals surface area contributed by atoms with E-state index in [0.717, 1.165) is 31.2 Å². The van der Waals surface area contributed by atoms with Crippen LogP contribution in [-0.4, -0.2) is 50.7 Å². The minimum atomic E-state index is -3.54. The van der Waals surface area contributed by atoms with Gasteiger partial charge in [-0.05, 0) is 57.2 Å². The summed E-state index contributed by atoms with van der Waals surface area (Å²) in [6.07, 6.45) is 3.00. The number of carbonyl (C=O) groups excluding carboxylic acids is 2. The summed E-state index contributed by atoms with van der Waals surface area (Å²) in [5.41, 5.74) is 0.0516. The molecule has 1 aliphatic carbocycles. The highest BCUT2D eigenvalue weighted by molar-refractivity contribution is 7.91. The van der Waals surface area contributed by atoms with Gasteiger partial charge in [-0.2, -0.15) is 0 Å². The first kappa shape index (κ1) is 25.0. The maximum absolute atomic E-state index is 12.8. The molecule has 0 aliphatic heterocycles. The van der Waals surface area contributed by atoms with Crippen molar-refractivity contribution in [1.82, 2.24) is 10.6 Å². The zero-order valence-corrected chi connectivity index (χ0v) is 19.6. The quantitative estimate of drug-likeness (QED) is 0.594. The Bertz CT molecular complexity index is 840. The van der Waals surface area contributed by atoms with Crippen molar-refractivity contribution in [3.63, 3.8) is 0 Å². The van der Waals surface area contributed by atoms with Crippen molar-refractivity contribution >= 4 is 21.8 Å². The molecule has 0 aromatic heterocycles. The molecule has 2 amide bonds. The largest absolute Gasteiger partial charge is 0.497 e. The van der Waals surface area contributed by atoms with Crippen LogP contribution in [0.25, 0.3) is 0 Å². The average Bonchev–Trinajstić information content (AvgIpc) is 3.16. The second-order valence-corrected chi connectivity index (χ2v) is 11.1. The number of nitrogens with one attached hydrogen (secondary N) is 2. The van der Waals surface area contributed by atoms with Gasteiger partial charge in [-0.3, -0.25) is 4.79 Å². The van der Waals surface area contributed by atoms with Gasteiger partial charge < -0.3 is 20.1 Å². The molecular weight excluding hydrogens is 420 g/mol. The lowest BCUT2D eigenvalue weighted by molar-refractivity contribution is -0.122. The molecule has 8 nitrogen and oxygen atoms in total. The normalized spacial score (nSPS) is 15.9. The van der Waals surface area contributed by atoms with E-state index in [9.17, 15) is 18.0 Å². The molecule has 0 spiro atoms. The van der Waals surface area contributed by atoms with Crippen LogP contribution in [0.1, 0.15) is 52.0 Å². The van der Waals surface area contributed by atoms with Crippen molar-refractivity contribution in [3.8, 4) is 5.75 Å². The molecule has 2 N–H and O–H groups in total. The number of rotatable bonds is 9. The molecule has 31 heavy (non-hydrogen) atoms.